The van der Waals surface area contributed by atoms with Crippen LogP contribution >= 0.6 is 12.4 Å². The predicted octanol–water partition coefficient (Wildman–Crippen LogP) is 3.37. The first-order chi connectivity index (χ1) is 9.79. The number of carbonyl (C=O) groups excluding carboxylic acids is 1. The molecule has 112 valence electrons. The molecule has 2 aromatic carbocycles. The maximum atomic E-state index is 12.6. The van der Waals surface area contributed by atoms with E-state index in [0.29, 0.717) is 0 Å². The Bertz CT molecular complexity index is 629. The summed E-state index contributed by atoms with van der Waals surface area (Å²) < 4.78 is 0. The minimum absolute atomic E-state index is 0. The number of halogens is 1. The van der Waals surface area contributed by atoms with Crippen molar-refractivity contribution in [3.05, 3.63) is 42.5 Å². The van der Waals surface area contributed by atoms with E-state index in [9.17, 15) is 4.79 Å². The van der Waals surface area contributed by atoms with Gasteiger partial charge in [-0.15, -0.1) is 12.4 Å². The molecule has 1 amide bonds. The van der Waals surface area contributed by atoms with Gasteiger partial charge in [0.25, 0.3) is 0 Å². The average Bonchev–Trinajstić information content (AvgIpc) is 2.68. The van der Waals surface area contributed by atoms with Crippen molar-refractivity contribution in [2.24, 2.45) is 0 Å². The number of benzene rings is 2. The molecule has 1 N–H and O–H groups in total. The van der Waals surface area contributed by atoms with Gasteiger partial charge in [0.05, 0.1) is 6.04 Å². The molecule has 2 aromatic rings. The minimum atomic E-state index is -0.0519. The van der Waals surface area contributed by atoms with Crippen molar-refractivity contribution in [1.82, 2.24) is 5.32 Å². The molecule has 0 spiro atoms. The first kappa shape index (κ1) is 15.8. The molecule has 21 heavy (non-hydrogen) atoms. The van der Waals surface area contributed by atoms with Gasteiger partial charge in [-0.3, -0.25) is 4.79 Å². The molecule has 0 aliphatic carbocycles. The molecule has 1 aliphatic heterocycles. The topological polar surface area (TPSA) is 32.3 Å². The molecule has 3 nitrogen and oxygen atoms in total. The van der Waals surface area contributed by atoms with Crippen LogP contribution in [0.5, 0.6) is 0 Å². The van der Waals surface area contributed by atoms with E-state index in [1.807, 2.05) is 17.0 Å². The zero-order valence-corrected chi connectivity index (χ0v) is 13.0. The van der Waals surface area contributed by atoms with Crippen molar-refractivity contribution in [2.45, 2.75) is 25.8 Å². The van der Waals surface area contributed by atoms with E-state index >= 15 is 0 Å². The van der Waals surface area contributed by atoms with Gasteiger partial charge in [0.1, 0.15) is 0 Å². The molecule has 1 heterocycles. The number of anilines is 1. The molecule has 1 aliphatic rings. The van der Waals surface area contributed by atoms with Crippen molar-refractivity contribution in [3.8, 4) is 0 Å². The summed E-state index contributed by atoms with van der Waals surface area (Å²) in [5.74, 6) is 0.195. The fourth-order valence-corrected chi connectivity index (χ4v) is 2.82. The molecular weight excluding hydrogens is 284 g/mol. The van der Waals surface area contributed by atoms with Crippen LogP contribution in [0.4, 0.5) is 5.69 Å². The second kappa shape index (κ2) is 6.92. The van der Waals surface area contributed by atoms with Crippen LogP contribution in [0.15, 0.2) is 42.5 Å². The highest BCUT2D eigenvalue weighted by Crippen LogP contribution is 2.24. The summed E-state index contributed by atoms with van der Waals surface area (Å²) in [6.45, 7) is 3.76. The Labute approximate surface area is 131 Å². The summed E-state index contributed by atoms with van der Waals surface area (Å²) in [6, 6.07) is 14.5. The van der Waals surface area contributed by atoms with E-state index in [1.165, 1.54) is 10.8 Å². The Morgan fingerprint density at radius 3 is 2.71 bits per heavy atom. The molecule has 0 saturated carbocycles. The molecule has 1 atom stereocenters. The summed E-state index contributed by atoms with van der Waals surface area (Å²) in [6.07, 6.45) is 1.83. The largest absolute Gasteiger partial charge is 0.311 e. The molecule has 0 aromatic heterocycles. The lowest BCUT2D eigenvalue weighted by Gasteiger charge is -2.24. The Kier molecular flexibility index (Phi) is 5.21. The number of hydrogen-bond acceptors (Lipinski definition) is 2. The van der Waals surface area contributed by atoms with Crippen LogP contribution in [0.1, 0.15) is 19.8 Å². The Balaban J connectivity index is 0.00000161. The number of nitrogens with zero attached hydrogens (tertiary/aromatic N) is 1. The van der Waals surface area contributed by atoms with Crippen LogP contribution in [0.25, 0.3) is 10.8 Å². The second-order valence-electron chi connectivity index (χ2n) is 5.29. The maximum absolute atomic E-state index is 12.6. The monoisotopic (exact) mass is 304 g/mol. The number of hydrogen-bond donors (Lipinski definition) is 1. The first-order valence-electron chi connectivity index (χ1n) is 7.33. The van der Waals surface area contributed by atoms with E-state index in [4.69, 9.17) is 0 Å². The zero-order chi connectivity index (χ0) is 13.9. The predicted molar refractivity (Wildman–Crippen MR) is 90.2 cm³/mol. The molecule has 1 saturated heterocycles. The third-order valence-corrected chi connectivity index (χ3v) is 3.97. The Hall–Kier alpha value is -1.58. The van der Waals surface area contributed by atoms with E-state index < -0.39 is 0 Å². The van der Waals surface area contributed by atoms with Gasteiger partial charge < -0.3 is 10.2 Å². The van der Waals surface area contributed by atoms with Crippen molar-refractivity contribution in [3.63, 3.8) is 0 Å². The van der Waals surface area contributed by atoms with Crippen molar-refractivity contribution >= 4 is 34.8 Å². The summed E-state index contributed by atoms with van der Waals surface area (Å²) in [5.41, 5.74) is 1.01. The fraction of sp³-hybridized carbons (Fsp3) is 0.353. The Morgan fingerprint density at radius 2 is 1.95 bits per heavy atom. The van der Waals surface area contributed by atoms with Gasteiger partial charge in [0, 0.05) is 12.2 Å². The lowest BCUT2D eigenvalue weighted by molar-refractivity contribution is -0.120. The quantitative estimate of drug-likeness (QED) is 0.922. The molecule has 1 fully saturated rings. The van der Waals surface area contributed by atoms with Gasteiger partial charge in [-0.25, -0.2) is 0 Å². The van der Waals surface area contributed by atoms with Crippen LogP contribution in [0, 0.1) is 0 Å². The van der Waals surface area contributed by atoms with Crippen LogP contribution in [-0.4, -0.2) is 25.0 Å². The third-order valence-electron chi connectivity index (χ3n) is 3.97. The molecule has 1 unspecified atom stereocenters. The standard InChI is InChI=1S/C17H20N2O.ClH/c1-2-16-17(20)19(11-5-10-18-16)15-9-8-13-6-3-4-7-14(13)12-15;/h3-4,6-9,12,16,18H,2,5,10-11H2,1H3;1H. The van der Waals surface area contributed by atoms with Crippen LogP contribution in [-0.2, 0) is 4.79 Å². The zero-order valence-electron chi connectivity index (χ0n) is 12.2. The highest BCUT2D eigenvalue weighted by atomic mass is 35.5. The number of nitrogens with one attached hydrogen (secondary N) is 1. The number of carbonyl (C=O) groups is 1. The number of rotatable bonds is 2. The van der Waals surface area contributed by atoms with Gasteiger partial charge in [-0.05, 0) is 42.3 Å². The van der Waals surface area contributed by atoms with Crippen molar-refractivity contribution in [1.29, 1.82) is 0 Å². The highest BCUT2D eigenvalue weighted by Gasteiger charge is 2.26. The van der Waals surface area contributed by atoms with E-state index in [0.717, 1.165) is 31.6 Å². The lowest BCUT2D eigenvalue weighted by Crippen LogP contribution is -2.43. The van der Waals surface area contributed by atoms with Crippen LogP contribution in [0.3, 0.4) is 0 Å². The van der Waals surface area contributed by atoms with Gasteiger partial charge in [-0.2, -0.15) is 0 Å². The van der Waals surface area contributed by atoms with Gasteiger partial charge in [-0.1, -0.05) is 37.3 Å². The molecule has 3 rings (SSSR count). The van der Waals surface area contributed by atoms with Crippen LogP contribution < -0.4 is 10.2 Å². The second-order valence-corrected chi connectivity index (χ2v) is 5.29. The third kappa shape index (κ3) is 3.20. The number of amides is 1. The molecule has 0 radical (unpaired) electrons. The SMILES string of the molecule is CCC1NCCCN(c2ccc3ccccc3c2)C1=O.Cl. The maximum Gasteiger partial charge on any atom is 0.244 e. The highest BCUT2D eigenvalue weighted by molar-refractivity contribution is 5.99. The fourth-order valence-electron chi connectivity index (χ4n) is 2.82. The first-order valence-corrected chi connectivity index (χ1v) is 7.33. The Morgan fingerprint density at radius 1 is 1.19 bits per heavy atom. The summed E-state index contributed by atoms with van der Waals surface area (Å²) >= 11 is 0. The van der Waals surface area contributed by atoms with E-state index in [-0.39, 0.29) is 24.4 Å². The van der Waals surface area contributed by atoms with Gasteiger partial charge >= 0.3 is 0 Å². The van der Waals surface area contributed by atoms with Gasteiger partial charge in [0.15, 0.2) is 0 Å². The van der Waals surface area contributed by atoms with Gasteiger partial charge in [0.2, 0.25) is 5.91 Å². The average molecular weight is 305 g/mol. The smallest absolute Gasteiger partial charge is 0.244 e. The van der Waals surface area contributed by atoms with Crippen molar-refractivity contribution in [2.75, 3.05) is 18.0 Å². The minimum Gasteiger partial charge on any atom is -0.311 e. The lowest BCUT2D eigenvalue weighted by atomic mass is 10.1. The van der Waals surface area contributed by atoms with Crippen LogP contribution in [0.2, 0.25) is 0 Å². The van der Waals surface area contributed by atoms with E-state index in [1.54, 1.807) is 0 Å². The van der Waals surface area contributed by atoms with Crippen molar-refractivity contribution < 1.29 is 4.79 Å². The van der Waals surface area contributed by atoms with E-state index in [2.05, 4.69) is 42.6 Å². The summed E-state index contributed by atoms with van der Waals surface area (Å²) in [4.78, 5) is 14.5. The molecular formula is C17H21ClN2O. The summed E-state index contributed by atoms with van der Waals surface area (Å²) in [7, 11) is 0. The number of fused-ring (bicyclic) bond motifs is 1. The molecule has 4 heteroatoms. The summed E-state index contributed by atoms with van der Waals surface area (Å²) in [5, 5.41) is 5.72. The molecule has 0 bridgehead atoms. The normalized spacial score (nSPS) is 19.2.